The number of fused-ring (bicyclic) bond motifs is 8. The average molecular weight is 564 g/mol. The summed E-state index contributed by atoms with van der Waals surface area (Å²) >= 11 is 0. The molecule has 0 spiro atoms. The molecule has 43 heavy (non-hydrogen) atoms. The fraction of sp³-hybridized carbons (Fsp3) is 0.205. The molecule has 4 heteroatoms. The van der Waals surface area contributed by atoms with Crippen molar-refractivity contribution in [3.05, 3.63) is 112 Å². The van der Waals surface area contributed by atoms with Gasteiger partial charge in [-0.2, -0.15) is 0 Å². The van der Waals surface area contributed by atoms with E-state index in [1.54, 1.807) is 0 Å². The van der Waals surface area contributed by atoms with E-state index in [1.807, 2.05) is 42.5 Å². The van der Waals surface area contributed by atoms with E-state index in [4.69, 9.17) is 8.83 Å². The highest BCUT2D eigenvalue weighted by atomic mass is 16.3. The zero-order valence-corrected chi connectivity index (χ0v) is 25.3. The van der Waals surface area contributed by atoms with E-state index in [0.717, 1.165) is 60.6 Å². The van der Waals surface area contributed by atoms with Gasteiger partial charge in [-0.25, -0.2) is 0 Å². The molecule has 0 aliphatic heterocycles. The van der Waals surface area contributed by atoms with Crippen molar-refractivity contribution >= 4 is 65.7 Å². The van der Waals surface area contributed by atoms with Gasteiger partial charge in [0.1, 0.15) is 22.3 Å². The van der Waals surface area contributed by atoms with Crippen molar-refractivity contribution in [2.75, 3.05) is 0 Å². The SMILES string of the molecule is CC(C)(C)c1cc(C(C)(C)C)c2oc3cc(-n4c5ccccc5c5cc6c(cc54)oc4ccccc46)ccc3c(=O)c2c1. The minimum Gasteiger partial charge on any atom is -0.456 e. The van der Waals surface area contributed by atoms with Crippen LogP contribution in [-0.4, -0.2) is 4.57 Å². The zero-order chi connectivity index (χ0) is 29.8. The maximum atomic E-state index is 14.0. The molecular formula is C39H33NO3. The first-order valence-electron chi connectivity index (χ1n) is 14.9. The number of hydrogen-bond acceptors (Lipinski definition) is 3. The monoisotopic (exact) mass is 563 g/mol. The molecule has 3 heterocycles. The summed E-state index contributed by atoms with van der Waals surface area (Å²) in [6, 6.07) is 31.2. The van der Waals surface area contributed by atoms with Gasteiger partial charge in [0.2, 0.25) is 5.43 Å². The molecule has 212 valence electrons. The summed E-state index contributed by atoms with van der Waals surface area (Å²) in [4.78, 5) is 14.0. The summed E-state index contributed by atoms with van der Waals surface area (Å²) in [5.74, 6) is 0. The molecule has 0 saturated carbocycles. The lowest BCUT2D eigenvalue weighted by atomic mass is 9.79. The molecule has 0 fully saturated rings. The van der Waals surface area contributed by atoms with Gasteiger partial charge in [-0.15, -0.1) is 0 Å². The quantitative estimate of drug-likeness (QED) is 0.187. The van der Waals surface area contributed by atoms with Gasteiger partial charge < -0.3 is 13.4 Å². The smallest absolute Gasteiger partial charge is 0.200 e. The summed E-state index contributed by atoms with van der Waals surface area (Å²) in [5.41, 5.74) is 7.92. The molecule has 3 aromatic heterocycles. The van der Waals surface area contributed by atoms with Gasteiger partial charge in [-0.1, -0.05) is 84.0 Å². The van der Waals surface area contributed by atoms with Crippen LogP contribution in [0.2, 0.25) is 0 Å². The Bertz CT molecular complexity index is 2490. The van der Waals surface area contributed by atoms with Gasteiger partial charge in [0, 0.05) is 44.9 Å². The highest BCUT2D eigenvalue weighted by Crippen LogP contribution is 2.39. The van der Waals surface area contributed by atoms with E-state index in [1.165, 1.54) is 0 Å². The number of hydrogen-bond donors (Lipinski definition) is 0. The lowest BCUT2D eigenvalue weighted by Crippen LogP contribution is -2.18. The average Bonchev–Trinajstić information content (AvgIpc) is 3.49. The van der Waals surface area contributed by atoms with Gasteiger partial charge in [0.05, 0.1) is 21.8 Å². The van der Waals surface area contributed by atoms with Crippen molar-refractivity contribution < 1.29 is 8.83 Å². The predicted molar refractivity (Wildman–Crippen MR) is 179 cm³/mol. The van der Waals surface area contributed by atoms with Gasteiger partial charge in [-0.3, -0.25) is 4.79 Å². The van der Waals surface area contributed by atoms with Crippen molar-refractivity contribution in [2.45, 2.75) is 52.4 Å². The molecule has 0 aliphatic carbocycles. The van der Waals surface area contributed by atoms with Crippen LogP contribution in [0.3, 0.4) is 0 Å². The second-order valence-electron chi connectivity index (χ2n) is 13.8. The first kappa shape index (κ1) is 25.8. The third-order valence-corrected chi connectivity index (χ3v) is 8.86. The number of furan rings is 1. The van der Waals surface area contributed by atoms with Crippen LogP contribution in [0.1, 0.15) is 52.7 Å². The first-order chi connectivity index (χ1) is 20.5. The zero-order valence-electron chi connectivity index (χ0n) is 25.3. The number of aromatic nitrogens is 1. The molecule has 5 aromatic carbocycles. The topological polar surface area (TPSA) is 48.3 Å². The highest BCUT2D eigenvalue weighted by Gasteiger charge is 2.26. The van der Waals surface area contributed by atoms with E-state index in [0.29, 0.717) is 21.9 Å². The van der Waals surface area contributed by atoms with Crippen molar-refractivity contribution in [1.82, 2.24) is 4.57 Å². The molecular weight excluding hydrogens is 530 g/mol. The van der Waals surface area contributed by atoms with Crippen LogP contribution in [0, 0.1) is 0 Å². The van der Waals surface area contributed by atoms with Crippen LogP contribution in [-0.2, 0) is 10.8 Å². The lowest BCUT2D eigenvalue weighted by molar-refractivity contribution is 0.557. The van der Waals surface area contributed by atoms with E-state index >= 15 is 0 Å². The minimum absolute atomic E-state index is 0.00519. The third-order valence-electron chi connectivity index (χ3n) is 8.86. The largest absolute Gasteiger partial charge is 0.456 e. The summed E-state index contributed by atoms with van der Waals surface area (Å²) in [7, 11) is 0. The fourth-order valence-corrected chi connectivity index (χ4v) is 6.54. The Morgan fingerprint density at radius 1 is 0.535 bits per heavy atom. The molecule has 8 rings (SSSR count). The summed E-state index contributed by atoms with van der Waals surface area (Å²) < 4.78 is 15.2. The van der Waals surface area contributed by atoms with Crippen LogP contribution >= 0.6 is 0 Å². The second kappa shape index (κ2) is 8.61. The van der Waals surface area contributed by atoms with Gasteiger partial charge in [0.15, 0.2) is 0 Å². The molecule has 4 nitrogen and oxygen atoms in total. The van der Waals surface area contributed by atoms with Crippen LogP contribution in [0.4, 0.5) is 0 Å². The Balaban J connectivity index is 1.44. The lowest BCUT2D eigenvalue weighted by Gasteiger charge is -2.26. The number of benzene rings is 5. The van der Waals surface area contributed by atoms with Crippen molar-refractivity contribution in [1.29, 1.82) is 0 Å². The van der Waals surface area contributed by atoms with Crippen LogP contribution < -0.4 is 5.43 Å². The maximum absolute atomic E-state index is 14.0. The first-order valence-corrected chi connectivity index (χ1v) is 14.9. The number of rotatable bonds is 1. The summed E-state index contributed by atoms with van der Waals surface area (Å²) in [5, 5.41) is 5.75. The molecule has 0 unspecified atom stereocenters. The summed E-state index contributed by atoms with van der Waals surface area (Å²) in [6.45, 7) is 13.1. The standard InChI is InChI=1S/C39H33NO3/c1-38(2,3)22-17-29-36(41)26-16-15-23(19-34(26)43-37(29)30(18-22)39(4,5)6)40-31-13-9-7-11-24(31)27-20-28-25-12-8-10-14-33(25)42-35(28)21-32(27)40/h7-21H,1-6H3. The molecule has 0 N–H and O–H groups in total. The van der Waals surface area contributed by atoms with Gasteiger partial charge >= 0.3 is 0 Å². The fourth-order valence-electron chi connectivity index (χ4n) is 6.54. The van der Waals surface area contributed by atoms with E-state index in [9.17, 15) is 4.79 Å². The molecule has 8 aromatic rings. The van der Waals surface area contributed by atoms with Gasteiger partial charge in [-0.05, 0) is 52.8 Å². The normalized spacial score (nSPS) is 13.0. The maximum Gasteiger partial charge on any atom is 0.200 e. The molecule has 0 bridgehead atoms. The highest BCUT2D eigenvalue weighted by molar-refractivity contribution is 6.17. The van der Waals surface area contributed by atoms with E-state index in [-0.39, 0.29) is 16.3 Å². The Labute approximate surface area is 249 Å². The van der Waals surface area contributed by atoms with Crippen molar-refractivity contribution in [2.24, 2.45) is 0 Å². The van der Waals surface area contributed by atoms with Crippen molar-refractivity contribution in [3.8, 4) is 5.69 Å². The minimum atomic E-state index is -0.203. The predicted octanol–water partition coefficient (Wildman–Crippen LogP) is 10.5. The Morgan fingerprint density at radius 2 is 1.26 bits per heavy atom. The van der Waals surface area contributed by atoms with E-state index < -0.39 is 0 Å². The molecule has 0 atom stereocenters. The van der Waals surface area contributed by atoms with Crippen LogP contribution in [0.5, 0.6) is 0 Å². The van der Waals surface area contributed by atoms with Crippen molar-refractivity contribution in [3.63, 3.8) is 0 Å². The summed E-state index contributed by atoms with van der Waals surface area (Å²) in [6.07, 6.45) is 0. The second-order valence-corrected chi connectivity index (χ2v) is 13.8. The molecule has 0 aliphatic rings. The van der Waals surface area contributed by atoms with Crippen LogP contribution in [0.15, 0.2) is 105 Å². The molecule has 0 radical (unpaired) electrons. The Morgan fingerprint density at radius 3 is 2.02 bits per heavy atom. The van der Waals surface area contributed by atoms with Gasteiger partial charge in [0.25, 0.3) is 0 Å². The Kier molecular flexibility index (Phi) is 5.17. The number of para-hydroxylation sites is 2. The van der Waals surface area contributed by atoms with E-state index in [2.05, 4.69) is 94.6 Å². The number of nitrogens with zero attached hydrogens (tertiary/aromatic N) is 1. The Hall–Kier alpha value is -4.83. The van der Waals surface area contributed by atoms with Crippen LogP contribution in [0.25, 0.3) is 71.4 Å². The third kappa shape index (κ3) is 3.79. The molecule has 0 amide bonds. The molecule has 0 saturated heterocycles.